The highest BCUT2D eigenvalue weighted by Gasteiger charge is 2.17. The molecule has 1 aromatic carbocycles. The minimum atomic E-state index is 0.754. The van der Waals surface area contributed by atoms with E-state index in [1.807, 2.05) is 19.1 Å². The molecule has 112 valence electrons. The van der Waals surface area contributed by atoms with Crippen molar-refractivity contribution in [2.24, 2.45) is 0 Å². The van der Waals surface area contributed by atoms with E-state index in [9.17, 15) is 0 Å². The van der Waals surface area contributed by atoms with Crippen LogP contribution in [0.3, 0.4) is 0 Å². The third-order valence-corrected chi connectivity index (χ3v) is 3.87. The Morgan fingerprint density at radius 2 is 1.86 bits per heavy atom. The number of hydrogen-bond donors (Lipinski definition) is 1. The highest BCUT2D eigenvalue weighted by molar-refractivity contribution is 5.96. The molecule has 0 radical (unpaired) electrons. The molecule has 3 rings (SSSR count). The maximum Gasteiger partial charge on any atom is 0.148 e. The average Bonchev–Trinajstić information content (AvgIpc) is 2.54. The Kier molecular flexibility index (Phi) is 3.84. The van der Waals surface area contributed by atoms with Crippen LogP contribution < -0.4 is 19.7 Å². The third kappa shape index (κ3) is 2.61. The van der Waals surface area contributed by atoms with Gasteiger partial charge in [-0.1, -0.05) is 0 Å². The minimum absolute atomic E-state index is 0.754. The van der Waals surface area contributed by atoms with Crippen molar-refractivity contribution >= 4 is 16.6 Å². The first-order valence-electron chi connectivity index (χ1n) is 7.22. The van der Waals surface area contributed by atoms with E-state index in [1.54, 1.807) is 14.2 Å². The van der Waals surface area contributed by atoms with Gasteiger partial charge in [-0.15, -0.1) is 0 Å². The molecule has 0 saturated carbocycles. The van der Waals surface area contributed by atoms with Crippen molar-refractivity contribution in [2.45, 2.75) is 6.92 Å². The molecule has 0 bridgehead atoms. The first kappa shape index (κ1) is 13.9. The van der Waals surface area contributed by atoms with E-state index in [4.69, 9.17) is 9.47 Å². The zero-order valence-electron chi connectivity index (χ0n) is 12.8. The molecular formula is C16H21N3O2. The molecule has 1 aliphatic rings. The van der Waals surface area contributed by atoms with Gasteiger partial charge in [0.2, 0.25) is 0 Å². The summed E-state index contributed by atoms with van der Waals surface area (Å²) in [6.45, 7) is 6.03. The summed E-state index contributed by atoms with van der Waals surface area (Å²) in [7, 11) is 3.34. The molecular weight excluding hydrogens is 266 g/mol. The van der Waals surface area contributed by atoms with Crippen LogP contribution in [0.1, 0.15) is 5.69 Å². The van der Waals surface area contributed by atoms with E-state index >= 15 is 0 Å². The lowest BCUT2D eigenvalue weighted by atomic mass is 10.1. The lowest BCUT2D eigenvalue weighted by Gasteiger charge is -2.30. The van der Waals surface area contributed by atoms with Crippen molar-refractivity contribution in [3.05, 3.63) is 23.9 Å². The molecule has 0 spiro atoms. The predicted molar refractivity (Wildman–Crippen MR) is 84.7 cm³/mol. The van der Waals surface area contributed by atoms with Crippen LogP contribution in [0.5, 0.6) is 11.5 Å². The van der Waals surface area contributed by atoms with Gasteiger partial charge in [-0.05, 0) is 19.1 Å². The lowest BCUT2D eigenvalue weighted by Crippen LogP contribution is -2.43. The van der Waals surface area contributed by atoms with E-state index in [-0.39, 0.29) is 0 Å². The van der Waals surface area contributed by atoms with Crippen molar-refractivity contribution in [3.8, 4) is 11.5 Å². The number of fused-ring (bicyclic) bond motifs is 1. The second-order valence-corrected chi connectivity index (χ2v) is 5.25. The van der Waals surface area contributed by atoms with Gasteiger partial charge in [0.05, 0.1) is 14.2 Å². The first-order chi connectivity index (χ1) is 10.2. The molecule has 21 heavy (non-hydrogen) atoms. The Balaban J connectivity index is 2.22. The van der Waals surface area contributed by atoms with Gasteiger partial charge in [0.1, 0.15) is 17.0 Å². The predicted octanol–water partition coefficient (Wildman–Crippen LogP) is 1.97. The van der Waals surface area contributed by atoms with Crippen LogP contribution in [0.15, 0.2) is 18.2 Å². The summed E-state index contributed by atoms with van der Waals surface area (Å²) in [6, 6.07) is 6.07. The maximum absolute atomic E-state index is 5.49. The lowest BCUT2D eigenvalue weighted by molar-refractivity contribution is 0.397. The molecule has 5 heteroatoms. The van der Waals surface area contributed by atoms with Crippen molar-refractivity contribution in [3.63, 3.8) is 0 Å². The Hall–Kier alpha value is -2.01. The van der Waals surface area contributed by atoms with E-state index in [0.29, 0.717) is 0 Å². The zero-order chi connectivity index (χ0) is 14.8. The SMILES string of the molecule is COc1cc(OC)c2nc(C)cc(N3CCNCC3)c2c1. The summed E-state index contributed by atoms with van der Waals surface area (Å²) in [5.74, 6) is 1.55. The Morgan fingerprint density at radius 1 is 1.10 bits per heavy atom. The van der Waals surface area contributed by atoms with Crippen LogP contribution in [-0.2, 0) is 0 Å². The van der Waals surface area contributed by atoms with E-state index in [0.717, 1.165) is 54.3 Å². The number of anilines is 1. The van der Waals surface area contributed by atoms with Crippen LogP contribution in [-0.4, -0.2) is 45.4 Å². The smallest absolute Gasteiger partial charge is 0.148 e. The van der Waals surface area contributed by atoms with E-state index in [1.165, 1.54) is 5.69 Å². The van der Waals surface area contributed by atoms with Crippen LogP contribution in [0.25, 0.3) is 10.9 Å². The summed E-state index contributed by atoms with van der Waals surface area (Å²) in [6.07, 6.45) is 0. The second kappa shape index (κ2) is 5.77. The normalized spacial score (nSPS) is 15.3. The fraction of sp³-hybridized carbons (Fsp3) is 0.438. The summed E-state index contributed by atoms with van der Waals surface area (Å²) < 4.78 is 10.9. The van der Waals surface area contributed by atoms with Crippen molar-refractivity contribution in [2.75, 3.05) is 45.3 Å². The van der Waals surface area contributed by atoms with Gasteiger partial charge in [0.25, 0.3) is 0 Å². The minimum Gasteiger partial charge on any atom is -0.497 e. The molecule has 2 heterocycles. The van der Waals surface area contributed by atoms with Gasteiger partial charge < -0.3 is 19.7 Å². The van der Waals surface area contributed by atoms with E-state index < -0.39 is 0 Å². The van der Waals surface area contributed by atoms with Gasteiger partial charge in [-0.25, -0.2) is 4.98 Å². The maximum atomic E-state index is 5.49. The number of benzene rings is 1. The molecule has 1 fully saturated rings. The largest absolute Gasteiger partial charge is 0.497 e. The molecule has 2 aromatic rings. The topological polar surface area (TPSA) is 46.6 Å². The number of aromatic nitrogens is 1. The number of nitrogens with zero attached hydrogens (tertiary/aromatic N) is 2. The number of rotatable bonds is 3. The van der Waals surface area contributed by atoms with Crippen LogP contribution in [0.4, 0.5) is 5.69 Å². The van der Waals surface area contributed by atoms with Gasteiger partial charge in [0.15, 0.2) is 0 Å². The number of ether oxygens (including phenoxy) is 2. The average molecular weight is 287 g/mol. The van der Waals surface area contributed by atoms with Crippen LogP contribution in [0, 0.1) is 6.92 Å². The summed E-state index contributed by atoms with van der Waals surface area (Å²) in [5, 5.41) is 4.47. The van der Waals surface area contributed by atoms with Crippen molar-refractivity contribution in [1.29, 1.82) is 0 Å². The van der Waals surface area contributed by atoms with Crippen molar-refractivity contribution in [1.82, 2.24) is 10.3 Å². The number of methoxy groups -OCH3 is 2. The number of hydrogen-bond acceptors (Lipinski definition) is 5. The quantitative estimate of drug-likeness (QED) is 0.935. The highest BCUT2D eigenvalue weighted by atomic mass is 16.5. The zero-order valence-corrected chi connectivity index (χ0v) is 12.8. The summed E-state index contributed by atoms with van der Waals surface area (Å²) in [4.78, 5) is 7.05. The fourth-order valence-corrected chi connectivity index (χ4v) is 2.82. The number of piperazine rings is 1. The van der Waals surface area contributed by atoms with Gasteiger partial charge >= 0.3 is 0 Å². The molecule has 1 aliphatic heterocycles. The number of nitrogens with one attached hydrogen (secondary N) is 1. The number of pyridine rings is 1. The van der Waals surface area contributed by atoms with Crippen LogP contribution >= 0.6 is 0 Å². The Bertz CT molecular complexity index is 652. The molecule has 0 aliphatic carbocycles. The van der Waals surface area contributed by atoms with E-state index in [2.05, 4.69) is 21.3 Å². The van der Waals surface area contributed by atoms with Gasteiger partial charge in [-0.3, -0.25) is 0 Å². The summed E-state index contributed by atoms with van der Waals surface area (Å²) >= 11 is 0. The second-order valence-electron chi connectivity index (χ2n) is 5.25. The molecule has 0 amide bonds. The number of aryl methyl sites for hydroxylation is 1. The monoisotopic (exact) mass is 287 g/mol. The molecule has 0 unspecified atom stereocenters. The third-order valence-electron chi connectivity index (χ3n) is 3.87. The Morgan fingerprint density at radius 3 is 2.52 bits per heavy atom. The highest BCUT2D eigenvalue weighted by Crippen LogP contribution is 2.36. The van der Waals surface area contributed by atoms with Crippen LogP contribution in [0.2, 0.25) is 0 Å². The molecule has 1 aromatic heterocycles. The molecule has 1 saturated heterocycles. The summed E-state index contributed by atoms with van der Waals surface area (Å²) in [5.41, 5.74) is 3.10. The standard InChI is InChI=1S/C16H21N3O2/c1-11-8-14(19-6-4-17-5-7-19)13-9-12(20-2)10-15(21-3)16(13)18-11/h8-10,17H,4-7H2,1-3H3. The fourth-order valence-electron chi connectivity index (χ4n) is 2.82. The molecule has 0 atom stereocenters. The first-order valence-corrected chi connectivity index (χ1v) is 7.22. The molecule has 1 N–H and O–H groups in total. The molecule has 5 nitrogen and oxygen atoms in total. The van der Waals surface area contributed by atoms with Gasteiger partial charge in [-0.2, -0.15) is 0 Å². The van der Waals surface area contributed by atoms with Gasteiger partial charge in [0, 0.05) is 49.0 Å². The van der Waals surface area contributed by atoms with Crippen molar-refractivity contribution < 1.29 is 9.47 Å². The Labute approximate surface area is 124 Å².